The van der Waals surface area contributed by atoms with Gasteiger partial charge in [0.1, 0.15) is 0 Å². The Morgan fingerprint density at radius 1 is 1.25 bits per heavy atom. The Morgan fingerprint density at radius 2 is 1.94 bits per heavy atom. The van der Waals surface area contributed by atoms with Crippen LogP contribution < -0.4 is 0 Å². The molecule has 0 bridgehead atoms. The molecular weight excluding hydrogens is 198 g/mol. The summed E-state index contributed by atoms with van der Waals surface area (Å²) in [7, 11) is 0. The van der Waals surface area contributed by atoms with E-state index in [9.17, 15) is 5.11 Å². The van der Waals surface area contributed by atoms with Crippen LogP contribution in [-0.4, -0.2) is 10.1 Å². The van der Waals surface area contributed by atoms with Crippen LogP contribution in [0, 0.1) is 17.8 Å². The number of rotatable bonds is 2. The SMILES string of the molecule is CC1CC(C)CC(C(O)c2cccnc2)C1. The molecule has 2 nitrogen and oxygen atoms in total. The number of aromatic nitrogens is 1. The summed E-state index contributed by atoms with van der Waals surface area (Å²) in [6, 6.07) is 3.87. The van der Waals surface area contributed by atoms with Gasteiger partial charge >= 0.3 is 0 Å². The largest absolute Gasteiger partial charge is 0.388 e. The number of nitrogens with zero attached hydrogens (tertiary/aromatic N) is 1. The minimum Gasteiger partial charge on any atom is -0.388 e. The third-order valence-corrected chi connectivity index (χ3v) is 3.69. The summed E-state index contributed by atoms with van der Waals surface area (Å²) in [6.07, 6.45) is 6.78. The lowest BCUT2D eigenvalue weighted by molar-refractivity contribution is 0.0549. The van der Waals surface area contributed by atoms with Gasteiger partial charge in [-0.15, -0.1) is 0 Å². The molecule has 3 unspecified atom stereocenters. The second-order valence-corrected chi connectivity index (χ2v) is 5.41. The van der Waals surface area contributed by atoms with Crippen LogP contribution in [-0.2, 0) is 0 Å². The fraction of sp³-hybridized carbons (Fsp3) is 0.643. The topological polar surface area (TPSA) is 33.1 Å². The summed E-state index contributed by atoms with van der Waals surface area (Å²) in [5, 5.41) is 10.3. The van der Waals surface area contributed by atoms with Crippen LogP contribution in [0.15, 0.2) is 24.5 Å². The Bertz CT molecular complexity index is 315. The third-order valence-electron chi connectivity index (χ3n) is 3.69. The van der Waals surface area contributed by atoms with Gasteiger partial charge in [-0.25, -0.2) is 0 Å². The molecule has 0 radical (unpaired) electrons. The van der Waals surface area contributed by atoms with Crippen LogP contribution in [0.2, 0.25) is 0 Å². The van der Waals surface area contributed by atoms with E-state index in [1.165, 1.54) is 6.42 Å². The predicted molar refractivity (Wildman–Crippen MR) is 64.9 cm³/mol. The Hall–Kier alpha value is -0.890. The van der Waals surface area contributed by atoms with Gasteiger partial charge in [-0.05, 0) is 48.6 Å². The number of pyridine rings is 1. The molecule has 0 aromatic carbocycles. The highest BCUT2D eigenvalue weighted by Crippen LogP contribution is 2.39. The van der Waals surface area contributed by atoms with Crippen molar-refractivity contribution >= 4 is 0 Å². The average molecular weight is 219 g/mol. The maximum atomic E-state index is 10.3. The molecule has 0 saturated heterocycles. The minimum absolute atomic E-state index is 0.334. The maximum Gasteiger partial charge on any atom is 0.0833 e. The van der Waals surface area contributed by atoms with Crippen molar-refractivity contribution in [1.29, 1.82) is 0 Å². The van der Waals surface area contributed by atoms with Crippen LogP contribution >= 0.6 is 0 Å². The van der Waals surface area contributed by atoms with Crippen molar-refractivity contribution in [3.05, 3.63) is 30.1 Å². The molecule has 1 aliphatic rings. The molecule has 88 valence electrons. The van der Waals surface area contributed by atoms with Crippen LogP contribution in [0.3, 0.4) is 0 Å². The van der Waals surface area contributed by atoms with Crippen LogP contribution in [0.25, 0.3) is 0 Å². The van der Waals surface area contributed by atoms with E-state index < -0.39 is 0 Å². The molecule has 1 saturated carbocycles. The van der Waals surface area contributed by atoms with E-state index in [1.807, 2.05) is 12.1 Å². The van der Waals surface area contributed by atoms with Crippen LogP contribution in [0.1, 0.15) is 44.8 Å². The first-order valence-corrected chi connectivity index (χ1v) is 6.24. The van der Waals surface area contributed by atoms with Crippen molar-refractivity contribution < 1.29 is 5.11 Å². The molecule has 0 amide bonds. The molecule has 1 aromatic heterocycles. The Balaban J connectivity index is 2.07. The van der Waals surface area contributed by atoms with Crippen LogP contribution in [0.5, 0.6) is 0 Å². The van der Waals surface area contributed by atoms with Gasteiger partial charge < -0.3 is 5.11 Å². The van der Waals surface area contributed by atoms with Crippen molar-refractivity contribution in [2.45, 2.75) is 39.2 Å². The highest BCUT2D eigenvalue weighted by Gasteiger charge is 2.29. The third kappa shape index (κ3) is 2.62. The van der Waals surface area contributed by atoms with E-state index in [0.717, 1.165) is 30.2 Å². The standard InChI is InChI=1S/C14H21NO/c1-10-6-11(2)8-13(7-10)14(16)12-4-3-5-15-9-12/h3-5,9-11,13-14,16H,6-8H2,1-2H3. The van der Waals surface area contributed by atoms with Crippen molar-refractivity contribution in [3.63, 3.8) is 0 Å². The molecular formula is C14H21NO. The van der Waals surface area contributed by atoms with E-state index in [2.05, 4.69) is 18.8 Å². The fourth-order valence-corrected chi connectivity index (χ4v) is 3.09. The zero-order chi connectivity index (χ0) is 11.5. The monoisotopic (exact) mass is 219 g/mol. The Labute approximate surface area is 97.7 Å². The highest BCUT2D eigenvalue weighted by molar-refractivity contribution is 5.13. The number of aliphatic hydroxyl groups excluding tert-OH is 1. The van der Waals surface area contributed by atoms with Crippen LogP contribution in [0.4, 0.5) is 0 Å². The number of aliphatic hydroxyl groups is 1. The molecule has 1 aliphatic carbocycles. The smallest absolute Gasteiger partial charge is 0.0833 e. The van der Waals surface area contributed by atoms with Crippen molar-refractivity contribution in [3.8, 4) is 0 Å². The van der Waals surface area contributed by atoms with Gasteiger partial charge in [-0.3, -0.25) is 4.98 Å². The molecule has 1 N–H and O–H groups in total. The summed E-state index contributed by atoms with van der Waals surface area (Å²) in [4.78, 5) is 4.08. The van der Waals surface area contributed by atoms with E-state index in [0.29, 0.717) is 5.92 Å². The van der Waals surface area contributed by atoms with Crippen molar-refractivity contribution in [2.75, 3.05) is 0 Å². The van der Waals surface area contributed by atoms with E-state index in [4.69, 9.17) is 0 Å². The number of hydrogen-bond donors (Lipinski definition) is 1. The van der Waals surface area contributed by atoms with Gasteiger partial charge in [0.25, 0.3) is 0 Å². The number of hydrogen-bond acceptors (Lipinski definition) is 2. The van der Waals surface area contributed by atoms with Crippen molar-refractivity contribution in [2.24, 2.45) is 17.8 Å². The van der Waals surface area contributed by atoms with Gasteiger partial charge in [0.15, 0.2) is 0 Å². The first kappa shape index (κ1) is 11.6. The second kappa shape index (κ2) is 4.96. The van der Waals surface area contributed by atoms with Gasteiger partial charge in [0.2, 0.25) is 0 Å². The van der Waals surface area contributed by atoms with Gasteiger partial charge in [0.05, 0.1) is 6.10 Å². The van der Waals surface area contributed by atoms with Crippen molar-refractivity contribution in [1.82, 2.24) is 4.98 Å². The highest BCUT2D eigenvalue weighted by atomic mass is 16.3. The van der Waals surface area contributed by atoms with Gasteiger partial charge in [-0.1, -0.05) is 19.9 Å². The lowest BCUT2D eigenvalue weighted by Crippen LogP contribution is -2.24. The van der Waals surface area contributed by atoms with Gasteiger partial charge in [-0.2, -0.15) is 0 Å². The zero-order valence-corrected chi connectivity index (χ0v) is 10.1. The molecule has 1 heterocycles. The molecule has 16 heavy (non-hydrogen) atoms. The summed E-state index contributed by atoms with van der Waals surface area (Å²) < 4.78 is 0. The Morgan fingerprint density at radius 3 is 2.50 bits per heavy atom. The summed E-state index contributed by atoms with van der Waals surface area (Å²) >= 11 is 0. The first-order valence-electron chi connectivity index (χ1n) is 6.24. The quantitative estimate of drug-likeness (QED) is 0.828. The molecule has 0 aliphatic heterocycles. The average Bonchev–Trinajstić information content (AvgIpc) is 2.28. The first-order chi connectivity index (χ1) is 7.66. The second-order valence-electron chi connectivity index (χ2n) is 5.41. The summed E-state index contributed by atoms with van der Waals surface area (Å²) in [5.41, 5.74) is 0.966. The summed E-state index contributed by atoms with van der Waals surface area (Å²) in [5.74, 6) is 1.88. The molecule has 1 aromatic rings. The Kier molecular flexibility index (Phi) is 3.59. The van der Waals surface area contributed by atoms with Gasteiger partial charge in [0, 0.05) is 12.4 Å². The predicted octanol–water partition coefficient (Wildman–Crippen LogP) is 3.19. The van der Waals surface area contributed by atoms with E-state index in [1.54, 1.807) is 12.4 Å². The molecule has 2 heteroatoms. The molecule has 2 rings (SSSR count). The molecule has 1 fully saturated rings. The lowest BCUT2D eigenvalue weighted by Gasteiger charge is -2.34. The minimum atomic E-state index is -0.334. The van der Waals surface area contributed by atoms with E-state index >= 15 is 0 Å². The maximum absolute atomic E-state index is 10.3. The molecule has 0 spiro atoms. The summed E-state index contributed by atoms with van der Waals surface area (Å²) in [6.45, 7) is 4.58. The fourth-order valence-electron chi connectivity index (χ4n) is 3.09. The zero-order valence-electron chi connectivity index (χ0n) is 10.1. The normalized spacial score (nSPS) is 32.3. The van der Waals surface area contributed by atoms with E-state index in [-0.39, 0.29) is 6.10 Å². The molecule has 3 atom stereocenters. The lowest BCUT2D eigenvalue weighted by atomic mass is 9.73.